The van der Waals surface area contributed by atoms with E-state index >= 15 is 0 Å². The molecule has 0 aromatic carbocycles. The molecule has 6 heteroatoms. The molecule has 2 saturated heterocycles. The van der Waals surface area contributed by atoms with E-state index in [4.69, 9.17) is 16.3 Å². The molecule has 1 unspecified atom stereocenters. The number of rotatable bonds is 1. The highest BCUT2D eigenvalue weighted by Crippen LogP contribution is 2.33. The number of carbonyl (C=O) groups is 2. The van der Waals surface area contributed by atoms with E-state index in [1.54, 1.807) is 4.90 Å². The van der Waals surface area contributed by atoms with Gasteiger partial charge in [-0.05, 0) is 40.5 Å². The Balaban J connectivity index is 1.93. The number of nitrogens with zero attached hydrogens (tertiary/aromatic N) is 2. The van der Waals surface area contributed by atoms with E-state index in [2.05, 4.69) is 6.92 Å². The topological polar surface area (TPSA) is 49.9 Å². The van der Waals surface area contributed by atoms with Crippen LogP contribution in [0.3, 0.4) is 0 Å². The molecule has 0 aromatic rings. The monoisotopic (exact) mass is 316 g/mol. The highest BCUT2D eigenvalue weighted by atomic mass is 35.5. The number of alkyl halides is 1. The van der Waals surface area contributed by atoms with Gasteiger partial charge in [-0.3, -0.25) is 4.79 Å². The molecule has 1 atom stereocenters. The number of hydrogen-bond acceptors (Lipinski definition) is 3. The van der Waals surface area contributed by atoms with Crippen molar-refractivity contribution in [1.82, 2.24) is 9.80 Å². The van der Waals surface area contributed by atoms with Crippen LogP contribution in [0.2, 0.25) is 0 Å². The average molecular weight is 317 g/mol. The van der Waals surface area contributed by atoms with E-state index in [1.807, 2.05) is 25.7 Å². The van der Waals surface area contributed by atoms with E-state index in [9.17, 15) is 9.59 Å². The molecule has 21 heavy (non-hydrogen) atoms. The van der Waals surface area contributed by atoms with Crippen molar-refractivity contribution in [2.75, 3.05) is 19.6 Å². The maximum Gasteiger partial charge on any atom is 0.410 e. The number of likely N-dealkylation sites (tertiary alicyclic amines) is 2. The van der Waals surface area contributed by atoms with Crippen molar-refractivity contribution in [3.63, 3.8) is 0 Å². The Morgan fingerprint density at radius 3 is 2.33 bits per heavy atom. The van der Waals surface area contributed by atoms with E-state index in [-0.39, 0.29) is 22.9 Å². The van der Waals surface area contributed by atoms with Crippen LogP contribution in [0.15, 0.2) is 0 Å². The van der Waals surface area contributed by atoms with Gasteiger partial charge in [0.2, 0.25) is 5.91 Å². The molecule has 2 heterocycles. The highest BCUT2D eigenvalue weighted by Gasteiger charge is 2.43. The Bertz CT molecular complexity index is 425. The molecule has 0 aliphatic carbocycles. The minimum Gasteiger partial charge on any atom is -0.444 e. The summed E-state index contributed by atoms with van der Waals surface area (Å²) in [4.78, 5) is 27.7. The quantitative estimate of drug-likeness (QED) is 0.699. The first-order chi connectivity index (χ1) is 9.61. The molecule has 2 rings (SSSR count). The van der Waals surface area contributed by atoms with Crippen LogP contribution in [0.5, 0.6) is 0 Å². The summed E-state index contributed by atoms with van der Waals surface area (Å²) in [6.07, 6.45) is 1.68. The lowest BCUT2D eigenvalue weighted by Gasteiger charge is -2.45. The van der Waals surface area contributed by atoms with Gasteiger partial charge in [-0.25, -0.2) is 4.79 Å². The van der Waals surface area contributed by atoms with Crippen LogP contribution in [-0.4, -0.2) is 58.0 Å². The smallest absolute Gasteiger partial charge is 0.410 e. The van der Waals surface area contributed by atoms with Crippen LogP contribution in [0, 0.1) is 0 Å². The number of hydrogen-bond donors (Lipinski definition) is 0. The standard InChI is InChI=1S/C15H25ClN2O3/c1-14(2,3)21-13(20)17-7-5-15(4,6-8-17)18-10-11(16)9-12(18)19/h11H,5-10H2,1-4H3. The summed E-state index contributed by atoms with van der Waals surface area (Å²) < 4.78 is 5.39. The maximum atomic E-state index is 12.1. The Kier molecular flexibility index (Phi) is 4.43. The summed E-state index contributed by atoms with van der Waals surface area (Å²) in [5.41, 5.74) is -0.673. The highest BCUT2D eigenvalue weighted by molar-refractivity contribution is 6.22. The molecule has 0 aromatic heterocycles. The lowest BCUT2D eigenvalue weighted by atomic mass is 9.88. The Hall–Kier alpha value is -0.970. The number of amides is 2. The van der Waals surface area contributed by atoms with E-state index in [0.29, 0.717) is 26.1 Å². The predicted molar refractivity (Wildman–Crippen MR) is 81.4 cm³/mol. The molecule has 0 radical (unpaired) electrons. The van der Waals surface area contributed by atoms with Crippen molar-refractivity contribution in [3.8, 4) is 0 Å². The lowest BCUT2D eigenvalue weighted by molar-refractivity contribution is -0.134. The zero-order valence-electron chi connectivity index (χ0n) is 13.3. The molecule has 120 valence electrons. The van der Waals surface area contributed by atoms with Crippen molar-refractivity contribution in [1.29, 1.82) is 0 Å². The zero-order valence-corrected chi connectivity index (χ0v) is 14.1. The molecule has 0 bridgehead atoms. The fourth-order valence-electron chi connectivity index (χ4n) is 2.95. The second-order valence-corrected chi connectivity index (χ2v) is 7.89. The van der Waals surface area contributed by atoms with Gasteiger partial charge in [0.25, 0.3) is 0 Å². The molecule has 2 fully saturated rings. The Morgan fingerprint density at radius 2 is 1.90 bits per heavy atom. The fraction of sp³-hybridized carbons (Fsp3) is 0.867. The van der Waals surface area contributed by atoms with Gasteiger partial charge >= 0.3 is 6.09 Å². The first-order valence-corrected chi connectivity index (χ1v) is 7.97. The molecular weight excluding hydrogens is 292 g/mol. The third kappa shape index (κ3) is 3.82. The van der Waals surface area contributed by atoms with Crippen LogP contribution in [0.4, 0.5) is 4.79 Å². The van der Waals surface area contributed by atoms with Gasteiger partial charge in [-0.15, -0.1) is 11.6 Å². The average Bonchev–Trinajstić information content (AvgIpc) is 2.68. The van der Waals surface area contributed by atoms with E-state index < -0.39 is 5.60 Å². The molecule has 0 N–H and O–H groups in total. The minimum absolute atomic E-state index is 0.0850. The zero-order chi connectivity index (χ0) is 15.8. The lowest BCUT2D eigenvalue weighted by Crippen LogP contribution is -2.55. The summed E-state index contributed by atoms with van der Waals surface area (Å²) in [6.45, 7) is 9.52. The van der Waals surface area contributed by atoms with Gasteiger partial charge in [0.15, 0.2) is 0 Å². The van der Waals surface area contributed by atoms with Gasteiger partial charge in [0, 0.05) is 31.6 Å². The fourth-order valence-corrected chi connectivity index (χ4v) is 3.22. The van der Waals surface area contributed by atoms with Crippen molar-refractivity contribution in [2.45, 2.75) is 63.5 Å². The van der Waals surface area contributed by atoms with Crippen molar-refractivity contribution in [3.05, 3.63) is 0 Å². The van der Waals surface area contributed by atoms with Crippen molar-refractivity contribution < 1.29 is 14.3 Å². The molecule has 0 spiro atoms. The summed E-state index contributed by atoms with van der Waals surface area (Å²) in [5, 5.41) is -0.0850. The normalized spacial score (nSPS) is 26.1. The number of piperidine rings is 1. The van der Waals surface area contributed by atoms with E-state index in [0.717, 1.165) is 12.8 Å². The van der Waals surface area contributed by atoms with Crippen LogP contribution in [-0.2, 0) is 9.53 Å². The van der Waals surface area contributed by atoms with Crippen LogP contribution < -0.4 is 0 Å². The number of halogens is 1. The molecule has 2 aliphatic heterocycles. The second kappa shape index (κ2) is 5.67. The SMILES string of the molecule is CC(C)(C)OC(=O)N1CCC(C)(N2CC(Cl)CC2=O)CC1. The summed E-state index contributed by atoms with van der Waals surface area (Å²) >= 11 is 6.09. The van der Waals surface area contributed by atoms with Gasteiger partial charge in [-0.1, -0.05) is 0 Å². The van der Waals surface area contributed by atoms with Gasteiger partial charge in [0.1, 0.15) is 5.60 Å². The van der Waals surface area contributed by atoms with Gasteiger partial charge in [0.05, 0.1) is 5.38 Å². The van der Waals surface area contributed by atoms with Gasteiger partial charge < -0.3 is 14.5 Å². The molecule has 0 saturated carbocycles. The number of carbonyl (C=O) groups excluding carboxylic acids is 2. The maximum absolute atomic E-state index is 12.1. The van der Waals surface area contributed by atoms with Crippen LogP contribution in [0.25, 0.3) is 0 Å². The minimum atomic E-state index is -0.478. The first kappa shape index (κ1) is 16.4. The third-order valence-corrected chi connectivity index (χ3v) is 4.51. The predicted octanol–water partition coefficient (Wildman–Crippen LogP) is 2.62. The summed E-state index contributed by atoms with van der Waals surface area (Å²) in [7, 11) is 0. The largest absolute Gasteiger partial charge is 0.444 e. The van der Waals surface area contributed by atoms with Gasteiger partial charge in [-0.2, -0.15) is 0 Å². The van der Waals surface area contributed by atoms with Crippen LogP contribution >= 0.6 is 11.6 Å². The van der Waals surface area contributed by atoms with Crippen molar-refractivity contribution in [2.24, 2.45) is 0 Å². The Labute approximate surface area is 131 Å². The van der Waals surface area contributed by atoms with Crippen LogP contribution in [0.1, 0.15) is 47.0 Å². The third-order valence-electron chi connectivity index (χ3n) is 4.22. The molecule has 2 aliphatic rings. The molecular formula is C15H25ClN2O3. The second-order valence-electron chi connectivity index (χ2n) is 7.27. The first-order valence-electron chi connectivity index (χ1n) is 7.53. The molecule has 2 amide bonds. The number of ether oxygens (including phenoxy) is 1. The van der Waals surface area contributed by atoms with Crippen molar-refractivity contribution >= 4 is 23.6 Å². The molecule has 5 nitrogen and oxygen atoms in total. The summed E-state index contributed by atoms with van der Waals surface area (Å²) in [6, 6.07) is 0. The van der Waals surface area contributed by atoms with E-state index in [1.165, 1.54) is 0 Å². The summed E-state index contributed by atoms with van der Waals surface area (Å²) in [5.74, 6) is 0.128. The Morgan fingerprint density at radius 1 is 1.33 bits per heavy atom.